The summed E-state index contributed by atoms with van der Waals surface area (Å²) in [6.07, 6.45) is 2.83. The van der Waals surface area contributed by atoms with Crippen LogP contribution in [0.15, 0.2) is 0 Å². The van der Waals surface area contributed by atoms with Crippen LogP contribution in [0, 0.1) is 0 Å². The molecule has 2 heterocycles. The van der Waals surface area contributed by atoms with Crippen molar-refractivity contribution in [3.05, 3.63) is 0 Å². The van der Waals surface area contributed by atoms with E-state index in [2.05, 4.69) is 25.7 Å². The first-order valence-corrected chi connectivity index (χ1v) is 3.87. The van der Waals surface area contributed by atoms with E-state index in [-0.39, 0.29) is 0 Å². The number of rotatable bonds is 0. The first kappa shape index (κ1) is 5.72. The van der Waals surface area contributed by atoms with Gasteiger partial charge < -0.3 is 0 Å². The van der Waals surface area contributed by atoms with E-state index < -0.39 is 0 Å². The molecule has 0 aromatic carbocycles. The van der Waals surface area contributed by atoms with E-state index in [0.717, 1.165) is 0 Å². The highest BCUT2D eigenvalue weighted by Crippen LogP contribution is 2.57. The van der Waals surface area contributed by atoms with Crippen LogP contribution >= 0.6 is 0 Å². The summed E-state index contributed by atoms with van der Waals surface area (Å²) < 4.78 is 0. The van der Waals surface area contributed by atoms with Crippen molar-refractivity contribution in [1.29, 1.82) is 0 Å². The van der Waals surface area contributed by atoms with Crippen molar-refractivity contribution in [2.45, 2.75) is 44.7 Å². The summed E-state index contributed by atoms with van der Waals surface area (Å²) >= 11 is 0. The summed E-state index contributed by atoms with van der Waals surface area (Å²) in [5.41, 5.74) is 1.12. The summed E-state index contributed by atoms with van der Waals surface area (Å²) in [4.78, 5) is 2.61. The predicted octanol–water partition coefficient (Wildman–Crippen LogP) is 1.63. The van der Waals surface area contributed by atoms with Gasteiger partial charge in [-0.15, -0.1) is 0 Å². The molecule has 1 nitrogen and oxygen atoms in total. The zero-order chi connectivity index (χ0) is 6.70. The van der Waals surface area contributed by atoms with Gasteiger partial charge in [-0.25, -0.2) is 0 Å². The van der Waals surface area contributed by atoms with Crippen LogP contribution < -0.4 is 0 Å². The molecule has 2 aliphatic heterocycles. The molecule has 0 saturated carbocycles. The topological polar surface area (TPSA) is 3.01 Å². The molecule has 2 aliphatic rings. The molecule has 0 radical (unpaired) electrons. The maximum atomic E-state index is 2.61. The Morgan fingerprint density at radius 1 is 1.22 bits per heavy atom. The molecule has 2 fully saturated rings. The summed E-state index contributed by atoms with van der Waals surface area (Å²) in [5.74, 6) is 0. The van der Waals surface area contributed by atoms with Crippen molar-refractivity contribution < 1.29 is 0 Å². The zero-order valence-electron chi connectivity index (χ0n) is 6.57. The Morgan fingerprint density at radius 3 is 2.11 bits per heavy atom. The van der Waals surface area contributed by atoms with Crippen LogP contribution in [0.1, 0.15) is 33.6 Å². The second kappa shape index (κ2) is 1.20. The normalized spacial score (nSPS) is 53.0. The largest absolute Gasteiger partial charge is 0.289 e. The van der Waals surface area contributed by atoms with E-state index in [1.54, 1.807) is 0 Å². The molecule has 0 spiro atoms. The lowest BCUT2D eigenvalue weighted by Gasteiger charge is -2.08. The van der Waals surface area contributed by atoms with Gasteiger partial charge >= 0.3 is 0 Å². The van der Waals surface area contributed by atoms with Crippen LogP contribution in [0.3, 0.4) is 0 Å². The quantitative estimate of drug-likeness (QED) is 0.445. The highest BCUT2D eigenvalue weighted by atomic mass is 15.4. The maximum absolute atomic E-state index is 2.61. The molecular weight excluding hydrogens is 110 g/mol. The molecule has 2 saturated heterocycles. The van der Waals surface area contributed by atoms with E-state index in [1.165, 1.54) is 19.4 Å². The molecule has 52 valence electrons. The molecule has 0 aliphatic carbocycles. The second-order valence-electron chi connectivity index (χ2n) is 4.09. The van der Waals surface area contributed by atoms with E-state index in [9.17, 15) is 0 Å². The van der Waals surface area contributed by atoms with Crippen molar-refractivity contribution in [2.75, 3.05) is 6.54 Å². The van der Waals surface area contributed by atoms with Gasteiger partial charge in [0.1, 0.15) is 0 Å². The van der Waals surface area contributed by atoms with E-state index in [1.807, 2.05) is 0 Å². The lowest BCUT2D eigenvalue weighted by Crippen LogP contribution is -2.16. The van der Waals surface area contributed by atoms with Crippen LogP contribution in [0.5, 0.6) is 0 Å². The Labute approximate surface area is 57.0 Å². The Morgan fingerprint density at radius 2 is 1.89 bits per heavy atom. The van der Waals surface area contributed by atoms with E-state index in [4.69, 9.17) is 0 Å². The third kappa shape index (κ3) is 0.420. The molecule has 0 amide bonds. The van der Waals surface area contributed by atoms with Gasteiger partial charge in [-0.1, -0.05) is 0 Å². The fraction of sp³-hybridized carbons (Fsp3) is 1.00. The Balaban J connectivity index is 2.26. The van der Waals surface area contributed by atoms with Crippen LogP contribution in [0.25, 0.3) is 0 Å². The van der Waals surface area contributed by atoms with Gasteiger partial charge in [0, 0.05) is 11.1 Å². The predicted molar refractivity (Wildman–Crippen MR) is 38.4 cm³/mol. The number of hydrogen-bond acceptors (Lipinski definition) is 1. The molecule has 2 atom stereocenters. The molecule has 1 heteroatoms. The van der Waals surface area contributed by atoms with Crippen LogP contribution in [-0.2, 0) is 0 Å². The Hall–Kier alpha value is -0.0400. The minimum atomic E-state index is 0.533. The fourth-order valence-corrected chi connectivity index (χ4v) is 2.47. The molecule has 2 rings (SSSR count). The van der Waals surface area contributed by atoms with Gasteiger partial charge in [0.05, 0.1) is 0 Å². The van der Waals surface area contributed by atoms with Crippen molar-refractivity contribution in [3.8, 4) is 0 Å². The minimum absolute atomic E-state index is 0.533. The average Bonchev–Trinajstić information content (AvgIpc) is 2.21. The summed E-state index contributed by atoms with van der Waals surface area (Å²) in [5, 5.41) is 0. The first-order chi connectivity index (χ1) is 4.09. The van der Waals surface area contributed by atoms with E-state index >= 15 is 0 Å². The summed E-state index contributed by atoms with van der Waals surface area (Å²) in [6.45, 7) is 8.43. The van der Waals surface area contributed by atoms with Gasteiger partial charge in [-0.05, 0) is 40.2 Å². The molecule has 2 unspecified atom stereocenters. The number of nitrogens with zero attached hydrogens (tertiary/aromatic N) is 1. The third-order valence-electron chi connectivity index (χ3n) is 3.58. The van der Waals surface area contributed by atoms with Crippen molar-refractivity contribution in [3.63, 3.8) is 0 Å². The molecular formula is C8H15N. The molecule has 0 bridgehead atoms. The monoisotopic (exact) mass is 125 g/mol. The lowest BCUT2D eigenvalue weighted by atomic mass is 9.94. The van der Waals surface area contributed by atoms with Gasteiger partial charge in [0.2, 0.25) is 0 Å². The van der Waals surface area contributed by atoms with Gasteiger partial charge in [0.25, 0.3) is 0 Å². The minimum Gasteiger partial charge on any atom is -0.289 e. The highest BCUT2D eigenvalue weighted by molar-refractivity contribution is 5.24. The van der Waals surface area contributed by atoms with Crippen LogP contribution in [0.4, 0.5) is 0 Å². The smallest absolute Gasteiger partial charge is 0.0366 e. The number of hydrogen-bond donors (Lipinski definition) is 0. The highest BCUT2D eigenvalue weighted by Gasteiger charge is 2.67. The van der Waals surface area contributed by atoms with Crippen LogP contribution in [-0.4, -0.2) is 22.5 Å². The first-order valence-electron chi connectivity index (χ1n) is 3.87. The number of fused-ring (bicyclic) bond motifs is 1. The van der Waals surface area contributed by atoms with Gasteiger partial charge in [-0.3, -0.25) is 4.90 Å². The molecule has 0 aromatic heterocycles. The van der Waals surface area contributed by atoms with E-state index in [0.29, 0.717) is 11.1 Å². The molecule has 9 heavy (non-hydrogen) atoms. The molecule has 0 N–H and O–H groups in total. The maximum Gasteiger partial charge on any atom is 0.0366 e. The molecule has 0 aromatic rings. The second-order valence-corrected chi connectivity index (χ2v) is 4.09. The Bertz CT molecular complexity index is 151. The Kier molecular flexibility index (Phi) is 0.760. The summed E-state index contributed by atoms with van der Waals surface area (Å²) in [6, 6.07) is 0. The van der Waals surface area contributed by atoms with Crippen molar-refractivity contribution in [2.24, 2.45) is 0 Å². The van der Waals surface area contributed by atoms with Crippen molar-refractivity contribution >= 4 is 0 Å². The standard InChI is InChI=1S/C8H15N/c1-7(2)8(3)5-4-6-9(7)8/h4-6H2,1-3H3. The van der Waals surface area contributed by atoms with Gasteiger partial charge in [0.15, 0.2) is 0 Å². The zero-order valence-corrected chi connectivity index (χ0v) is 6.57. The van der Waals surface area contributed by atoms with Crippen molar-refractivity contribution in [1.82, 2.24) is 4.90 Å². The number of piperidine rings is 1. The van der Waals surface area contributed by atoms with Gasteiger partial charge in [-0.2, -0.15) is 0 Å². The summed E-state index contributed by atoms with van der Waals surface area (Å²) in [7, 11) is 0. The SMILES string of the molecule is CC1(C)N2CCCC21C. The fourth-order valence-electron chi connectivity index (χ4n) is 2.47. The lowest BCUT2D eigenvalue weighted by molar-refractivity contribution is 0.459. The van der Waals surface area contributed by atoms with Crippen LogP contribution in [0.2, 0.25) is 0 Å². The average molecular weight is 125 g/mol. The third-order valence-corrected chi connectivity index (χ3v) is 3.58.